The van der Waals surface area contributed by atoms with Gasteiger partial charge in [-0.25, -0.2) is 4.98 Å². The van der Waals surface area contributed by atoms with Crippen LogP contribution in [0.4, 0.5) is 4.79 Å². The number of furan rings is 1. The van der Waals surface area contributed by atoms with Crippen molar-refractivity contribution in [2.24, 2.45) is 0 Å². The molecule has 148 valence electrons. The summed E-state index contributed by atoms with van der Waals surface area (Å²) in [4.78, 5) is 45.1. The molecule has 4 rings (SSSR count). The number of carbonyl (C=O) groups excluding carboxylic acids is 3. The fourth-order valence-electron chi connectivity index (χ4n) is 2.87. The number of aromatic nitrogens is 2. The highest BCUT2D eigenvalue weighted by atomic mass is 32.2. The molecule has 3 aromatic rings. The van der Waals surface area contributed by atoms with Gasteiger partial charge in [-0.1, -0.05) is 0 Å². The third-order valence-corrected chi connectivity index (χ3v) is 5.97. The van der Waals surface area contributed by atoms with Gasteiger partial charge in [0.15, 0.2) is 16.0 Å². The number of thioether (sulfide) groups is 1. The van der Waals surface area contributed by atoms with Gasteiger partial charge in [0.05, 0.1) is 15.9 Å². The van der Waals surface area contributed by atoms with Gasteiger partial charge in [-0.15, -0.1) is 0 Å². The predicted molar refractivity (Wildman–Crippen MR) is 112 cm³/mol. The standard InChI is InChI=1S/C20H17N3O4S2/c1-10(2)23-18(25)16(28-20(23)26)9-13-5-7-17(27-13)29-19-21-14-6-4-12(11(3)24)8-15(14)22-19/h4-10H,1-3H3,(H,21,22)/b16-9-. The quantitative estimate of drug-likeness (QED) is 0.454. The molecule has 0 radical (unpaired) electrons. The van der Waals surface area contributed by atoms with Crippen LogP contribution >= 0.6 is 23.5 Å². The van der Waals surface area contributed by atoms with Crippen molar-refractivity contribution in [2.75, 3.05) is 0 Å². The molecule has 29 heavy (non-hydrogen) atoms. The van der Waals surface area contributed by atoms with Gasteiger partial charge in [0.25, 0.3) is 11.1 Å². The van der Waals surface area contributed by atoms with Gasteiger partial charge in [-0.3, -0.25) is 19.3 Å². The smallest absolute Gasteiger partial charge is 0.293 e. The Kier molecular flexibility index (Phi) is 5.10. The van der Waals surface area contributed by atoms with Crippen molar-refractivity contribution in [3.8, 4) is 0 Å². The van der Waals surface area contributed by atoms with Crippen molar-refractivity contribution in [3.05, 3.63) is 46.6 Å². The van der Waals surface area contributed by atoms with E-state index in [1.165, 1.54) is 23.6 Å². The average Bonchev–Trinajstić information content (AvgIpc) is 3.32. The van der Waals surface area contributed by atoms with Crippen LogP contribution in [-0.4, -0.2) is 37.8 Å². The molecule has 3 heterocycles. The minimum absolute atomic E-state index is 0.00624. The lowest BCUT2D eigenvalue weighted by Gasteiger charge is -2.16. The fourth-order valence-corrected chi connectivity index (χ4v) is 4.58. The topological polar surface area (TPSA) is 96.3 Å². The largest absolute Gasteiger partial charge is 0.450 e. The highest BCUT2D eigenvalue weighted by Gasteiger charge is 2.36. The van der Waals surface area contributed by atoms with Crippen LogP contribution in [0.25, 0.3) is 17.1 Å². The average molecular weight is 428 g/mol. The summed E-state index contributed by atoms with van der Waals surface area (Å²) >= 11 is 2.21. The molecule has 2 amide bonds. The van der Waals surface area contributed by atoms with Crippen molar-refractivity contribution in [3.63, 3.8) is 0 Å². The second-order valence-electron chi connectivity index (χ2n) is 6.73. The van der Waals surface area contributed by atoms with E-state index in [-0.39, 0.29) is 23.0 Å². The molecule has 1 fully saturated rings. The number of hydrogen-bond acceptors (Lipinski definition) is 7. The minimum atomic E-state index is -0.306. The van der Waals surface area contributed by atoms with E-state index in [9.17, 15) is 14.4 Å². The van der Waals surface area contributed by atoms with E-state index in [2.05, 4.69) is 9.97 Å². The normalized spacial score (nSPS) is 16.0. The maximum Gasteiger partial charge on any atom is 0.293 e. The maximum atomic E-state index is 12.4. The van der Waals surface area contributed by atoms with Gasteiger partial charge in [-0.2, -0.15) is 0 Å². The Balaban J connectivity index is 1.53. The number of aromatic amines is 1. The van der Waals surface area contributed by atoms with E-state index in [0.717, 1.165) is 22.8 Å². The molecular weight excluding hydrogens is 410 g/mol. The van der Waals surface area contributed by atoms with Gasteiger partial charge in [-0.05, 0) is 74.6 Å². The first-order valence-corrected chi connectivity index (χ1v) is 10.5. The monoisotopic (exact) mass is 427 g/mol. The SMILES string of the molecule is CC(=O)c1ccc2nc(Sc3ccc(/C=C4\SC(=O)N(C(C)C)C4=O)o3)[nH]c2c1. The summed E-state index contributed by atoms with van der Waals surface area (Å²) in [5, 5.41) is 0.941. The van der Waals surface area contributed by atoms with E-state index >= 15 is 0 Å². The van der Waals surface area contributed by atoms with Crippen LogP contribution in [0.5, 0.6) is 0 Å². The van der Waals surface area contributed by atoms with Crippen LogP contribution < -0.4 is 0 Å². The van der Waals surface area contributed by atoms with Crippen molar-refractivity contribution in [1.82, 2.24) is 14.9 Å². The summed E-state index contributed by atoms with van der Waals surface area (Å²) in [6.07, 6.45) is 1.58. The van der Waals surface area contributed by atoms with Crippen molar-refractivity contribution >= 4 is 57.6 Å². The molecule has 1 aliphatic rings. The highest BCUT2D eigenvalue weighted by Crippen LogP contribution is 2.35. The Bertz CT molecular complexity index is 1180. The van der Waals surface area contributed by atoms with Crippen LogP contribution in [0, 0.1) is 0 Å². The van der Waals surface area contributed by atoms with E-state index in [1.807, 2.05) is 0 Å². The summed E-state index contributed by atoms with van der Waals surface area (Å²) in [6, 6.07) is 8.64. The molecule has 2 aromatic heterocycles. The Morgan fingerprint density at radius 3 is 2.76 bits per heavy atom. The van der Waals surface area contributed by atoms with Gasteiger partial charge >= 0.3 is 0 Å². The number of Topliss-reactive ketones (excluding diaryl/α,β-unsaturated/α-hetero) is 1. The molecule has 7 nitrogen and oxygen atoms in total. The molecule has 0 atom stereocenters. The van der Waals surface area contributed by atoms with Crippen LogP contribution in [0.15, 0.2) is 49.9 Å². The van der Waals surface area contributed by atoms with Crippen LogP contribution in [-0.2, 0) is 4.79 Å². The molecule has 9 heteroatoms. The van der Waals surface area contributed by atoms with Crippen molar-refractivity contribution in [2.45, 2.75) is 37.1 Å². The van der Waals surface area contributed by atoms with E-state index in [4.69, 9.17) is 4.42 Å². The Labute approximate surface area is 174 Å². The molecule has 0 bridgehead atoms. The Morgan fingerprint density at radius 2 is 2.07 bits per heavy atom. The first-order valence-electron chi connectivity index (χ1n) is 8.87. The lowest BCUT2D eigenvalue weighted by Crippen LogP contribution is -2.34. The number of benzene rings is 1. The zero-order chi connectivity index (χ0) is 20.7. The molecule has 1 saturated heterocycles. The zero-order valence-electron chi connectivity index (χ0n) is 15.9. The zero-order valence-corrected chi connectivity index (χ0v) is 17.5. The maximum absolute atomic E-state index is 12.4. The Morgan fingerprint density at radius 1 is 1.28 bits per heavy atom. The number of fused-ring (bicyclic) bond motifs is 1. The van der Waals surface area contributed by atoms with E-state index < -0.39 is 0 Å². The lowest BCUT2D eigenvalue weighted by atomic mass is 10.1. The number of H-pyrrole nitrogens is 1. The van der Waals surface area contributed by atoms with Gasteiger partial charge < -0.3 is 9.40 Å². The summed E-state index contributed by atoms with van der Waals surface area (Å²) in [7, 11) is 0. The first kappa shape index (κ1) is 19.5. The molecule has 1 aromatic carbocycles. The second kappa shape index (κ2) is 7.57. The minimum Gasteiger partial charge on any atom is -0.450 e. The van der Waals surface area contributed by atoms with Gasteiger partial charge in [0.1, 0.15) is 5.76 Å². The van der Waals surface area contributed by atoms with Crippen molar-refractivity contribution < 1.29 is 18.8 Å². The highest BCUT2D eigenvalue weighted by molar-refractivity contribution is 8.18. The summed E-state index contributed by atoms with van der Waals surface area (Å²) < 4.78 is 5.76. The van der Waals surface area contributed by atoms with Crippen molar-refractivity contribution in [1.29, 1.82) is 0 Å². The van der Waals surface area contributed by atoms with Gasteiger partial charge in [0, 0.05) is 17.7 Å². The molecule has 0 unspecified atom stereocenters. The number of imide groups is 1. The number of nitrogens with zero attached hydrogens (tertiary/aromatic N) is 2. The third kappa shape index (κ3) is 3.88. The fraction of sp³-hybridized carbons (Fsp3) is 0.200. The molecule has 0 spiro atoms. The number of rotatable bonds is 5. The van der Waals surface area contributed by atoms with Crippen LogP contribution in [0.2, 0.25) is 0 Å². The first-order chi connectivity index (χ1) is 13.8. The number of hydrogen-bond donors (Lipinski definition) is 1. The Hall–Kier alpha value is -2.78. The molecule has 0 saturated carbocycles. The number of ketones is 1. The van der Waals surface area contributed by atoms with Crippen LogP contribution in [0.1, 0.15) is 36.9 Å². The number of carbonyl (C=O) groups is 3. The van der Waals surface area contributed by atoms with Crippen LogP contribution in [0.3, 0.4) is 0 Å². The predicted octanol–water partition coefficient (Wildman–Crippen LogP) is 4.95. The molecule has 0 aliphatic carbocycles. The summed E-state index contributed by atoms with van der Waals surface area (Å²) in [6.45, 7) is 5.12. The second-order valence-corrected chi connectivity index (χ2v) is 8.72. The molecular formula is C20H17N3O4S2. The summed E-state index contributed by atoms with van der Waals surface area (Å²) in [5.41, 5.74) is 2.15. The summed E-state index contributed by atoms with van der Waals surface area (Å²) in [5.74, 6) is 0.171. The molecule has 1 aliphatic heterocycles. The van der Waals surface area contributed by atoms with E-state index in [0.29, 0.717) is 26.5 Å². The number of imidazole rings is 1. The molecule has 1 N–H and O–H groups in total. The number of amides is 2. The van der Waals surface area contributed by atoms with E-state index in [1.54, 1.807) is 50.3 Å². The third-order valence-electron chi connectivity index (χ3n) is 4.28. The lowest BCUT2D eigenvalue weighted by molar-refractivity contribution is -0.123. The number of nitrogens with one attached hydrogen (secondary N) is 1. The van der Waals surface area contributed by atoms with Gasteiger partial charge in [0.2, 0.25) is 0 Å².